The molecule has 2 rings (SSSR count). The van der Waals surface area contributed by atoms with Crippen LogP contribution >= 0.6 is 36.2 Å². The van der Waals surface area contributed by atoms with Gasteiger partial charge in [0.25, 0.3) is 0 Å². The fraction of sp³-hybridized carbons (Fsp3) is 0.438. The van der Waals surface area contributed by atoms with Gasteiger partial charge >= 0.3 is 4.32 Å². The van der Waals surface area contributed by atoms with E-state index >= 15 is 0 Å². The van der Waals surface area contributed by atoms with Crippen molar-refractivity contribution in [2.75, 3.05) is 6.54 Å². The highest BCUT2D eigenvalue weighted by Gasteiger charge is 2.33. The Hall–Kier alpha value is -1.36. The van der Waals surface area contributed by atoms with Gasteiger partial charge in [-0.2, -0.15) is 9.83 Å². The minimum Gasteiger partial charge on any atom is -0.307 e. The Morgan fingerprint density at radius 3 is 2.74 bits per heavy atom. The lowest BCUT2D eigenvalue weighted by Crippen LogP contribution is -2.41. The number of amides is 1. The molecule has 0 bridgehead atoms. The minimum atomic E-state index is -0.739. The second-order valence-corrected chi connectivity index (χ2v) is 8.14. The lowest BCUT2D eigenvalue weighted by atomic mass is 10.1. The van der Waals surface area contributed by atoms with Gasteiger partial charge in [-0.15, -0.1) is 0 Å². The number of thioether (sulfide) groups is 1. The topological polar surface area (TPSA) is 48.0 Å². The normalized spacial score (nSPS) is 16.7. The SMILES string of the molecule is CC(C#N)(CCC(=O)N1CCCC1=S)SC(=S)[n+]1ccccc1. The van der Waals surface area contributed by atoms with Crippen molar-refractivity contribution in [3.8, 4) is 6.07 Å². The molecule has 1 aromatic rings. The van der Waals surface area contributed by atoms with Crippen molar-refractivity contribution in [1.82, 2.24) is 4.90 Å². The molecule has 0 saturated carbocycles. The Kier molecular flexibility index (Phi) is 6.22. The molecule has 1 aliphatic heterocycles. The molecule has 120 valence electrons. The Balaban J connectivity index is 1.95. The van der Waals surface area contributed by atoms with Crippen LogP contribution in [0.25, 0.3) is 0 Å². The molecule has 1 atom stereocenters. The van der Waals surface area contributed by atoms with Crippen molar-refractivity contribution >= 4 is 51.4 Å². The molecule has 0 N–H and O–H groups in total. The smallest absolute Gasteiger partial charge is 0.307 e. The van der Waals surface area contributed by atoms with Crippen molar-refractivity contribution in [2.45, 2.75) is 37.4 Å². The molecule has 1 saturated heterocycles. The van der Waals surface area contributed by atoms with E-state index in [2.05, 4.69) is 6.07 Å². The van der Waals surface area contributed by atoms with Crippen molar-refractivity contribution < 1.29 is 9.36 Å². The maximum absolute atomic E-state index is 12.3. The molecular formula is C16H18N3OS3+. The number of pyridine rings is 1. The summed E-state index contributed by atoms with van der Waals surface area (Å²) >= 11 is 11.9. The lowest BCUT2D eigenvalue weighted by Gasteiger charge is -2.21. The fourth-order valence-electron chi connectivity index (χ4n) is 2.29. The monoisotopic (exact) mass is 364 g/mol. The number of hydrogen-bond acceptors (Lipinski definition) is 5. The first-order chi connectivity index (χ1) is 10.9. The van der Waals surface area contributed by atoms with E-state index < -0.39 is 4.75 Å². The Bertz CT molecular complexity index is 656. The summed E-state index contributed by atoms with van der Waals surface area (Å²) < 4.78 is 1.66. The van der Waals surface area contributed by atoms with E-state index in [4.69, 9.17) is 24.4 Å². The van der Waals surface area contributed by atoms with Gasteiger partial charge in [0.1, 0.15) is 4.75 Å². The van der Waals surface area contributed by atoms with Crippen LogP contribution in [-0.2, 0) is 4.79 Å². The quantitative estimate of drug-likeness (QED) is 0.607. The molecule has 0 spiro atoms. The molecule has 1 unspecified atom stereocenters. The van der Waals surface area contributed by atoms with Crippen molar-refractivity contribution in [3.05, 3.63) is 30.6 Å². The van der Waals surface area contributed by atoms with Crippen LogP contribution in [-0.4, -0.2) is 31.4 Å². The molecule has 0 radical (unpaired) electrons. The first kappa shape index (κ1) is 18.0. The van der Waals surface area contributed by atoms with Crippen LogP contribution in [0.4, 0.5) is 0 Å². The molecular weight excluding hydrogens is 346 g/mol. The predicted octanol–water partition coefficient (Wildman–Crippen LogP) is 2.85. The summed E-state index contributed by atoms with van der Waals surface area (Å²) in [6.45, 7) is 2.52. The number of hydrogen-bond donors (Lipinski definition) is 0. The summed E-state index contributed by atoms with van der Waals surface area (Å²) in [7, 11) is 0. The average Bonchev–Trinajstić information content (AvgIpc) is 2.99. The molecule has 1 aliphatic rings. The van der Waals surface area contributed by atoms with Gasteiger partial charge < -0.3 is 4.90 Å². The third kappa shape index (κ3) is 4.80. The highest BCUT2D eigenvalue weighted by atomic mass is 32.2. The van der Waals surface area contributed by atoms with Gasteiger partial charge in [0, 0.05) is 43.7 Å². The number of nitrogens with zero attached hydrogens (tertiary/aromatic N) is 3. The summed E-state index contributed by atoms with van der Waals surface area (Å²) in [5.41, 5.74) is 0. The van der Waals surface area contributed by atoms with Crippen LogP contribution in [0.3, 0.4) is 0 Å². The first-order valence-corrected chi connectivity index (χ1v) is 9.02. The van der Waals surface area contributed by atoms with Gasteiger partial charge in [0.15, 0.2) is 12.4 Å². The van der Waals surface area contributed by atoms with Crippen LogP contribution in [0.1, 0.15) is 32.6 Å². The van der Waals surface area contributed by atoms with Gasteiger partial charge in [-0.05, 0) is 31.5 Å². The number of likely N-dealkylation sites (tertiary alicyclic amines) is 1. The zero-order valence-corrected chi connectivity index (χ0v) is 15.3. The van der Waals surface area contributed by atoms with E-state index in [1.165, 1.54) is 11.8 Å². The van der Waals surface area contributed by atoms with Gasteiger partial charge in [0.2, 0.25) is 5.91 Å². The van der Waals surface area contributed by atoms with Gasteiger partial charge in [-0.25, -0.2) is 0 Å². The predicted molar refractivity (Wildman–Crippen MR) is 99.0 cm³/mol. The largest absolute Gasteiger partial charge is 0.314 e. The number of rotatable bonds is 4. The first-order valence-electron chi connectivity index (χ1n) is 7.39. The van der Waals surface area contributed by atoms with E-state index in [0.29, 0.717) is 23.7 Å². The van der Waals surface area contributed by atoms with Crippen LogP contribution in [0, 0.1) is 11.3 Å². The zero-order valence-electron chi connectivity index (χ0n) is 12.9. The summed E-state index contributed by atoms with van der Waals surface area (Å²) in [5.74, 6) is 0.00728. The Morgan fingerprint density at radius 1 is 1.48 bits per heavy atom. The molecule has 1 amide bonds. The van der Waals surface area contributed by atoms with Crippen molar-refractivity contribution in [1.29, 1.82) is 5.26 Å². The van der Waals surface area contributed by atoms with E-state index in [9.17, 15) is 10.1 Å². The Labute approximate surface area is 151 Å². The second kappa shape index (κ2) is 7.95. The van der Waals surface area contributed by atoms with Gasteiger partial charge in [-0.1, -0.05) is 18.3 Å². The lowest BCUT2D eigenvalue weighted by molar-refractivity contribution is -0.546. The molecule has 1 aromatic heterocycles. The maximum atomic E-state index is 12.3. The molecule has 23 heavy (non-hydrogen) atoms. The third-order valence-corrected chi connectivity index (χ3v) is 5.68. The van der Waals surface area contributed by atoms with Crippen molar-refractivity contribution in [3.63, 3.8) is 0 Å². The summed E-state index contributed by atoms with van der Waals surface area (Å²) in [5, 5.41) is 9.52. The molecule has 7 heteroatoms. The second-order valence-electron chi connectivity index (χ2n) is 5.54. The molecule has 2 heterocycles. The zero-order chi connectivity index (χ0) is 16.9. The number of aromatic nitrogens is 1. The standard InChI is InChI=1S/C16H18N3OS3/c1-16(12-17,23-15(22)18-9-3-2-4-10-18)8-7-13(20)19-11-5-6-14(19)21/h2-4,9-10H,5-8,11H2,1H3/q+1. The minimum absolute atomic E-state index is 0.00728. The van der Waals surface area contributed by atoms with Crippen LogP contribution in [0.5, 0.6) is 0 Å². The average molecular weight is 365 g/mol. The van der Waals surface area contributed by atoms with E-state index in [1.807, 2.05) is 37.5 Å². The highest BCUT2D eigenvalue weighted by Crippen LogP contribution is 2.30. The highest BCUT2D eigenvalue weighted by molar-refractivity contribution is 8.23. The molecule has 1 fully saturated rings. The van der Waals surface area contributed by atoms with E-state index in [-0.39, 0.29) is 5.91 Å². The van der Waals surface area contributed by atoms with Crippen molar-refractivity contribution in [2.24, 2.45) is 0 Å². The maximum Gasteiger partial charge on any atom is 0.314 e. The van der Waals surface area contributed by atoms with E-state index in [0.717, 1.165) is 17.8 Å². The molecule has 0 aliphatic carbocycles. The summed E-state index contributed by atoms with van der Waals surface area (Å²) in [6.07, 6.45) is 6.18. The number of thiocarbonyl (C=S) groups is 2. The number of carbonyl (C=O) groups is 1. The van der Waals surface area contributed by atoms with Crippen LogP contribution in [0.15, 0.2) is 30.6 Å². The number of nitriles is 1. The van der Waals surface area contributed by atoms with Crippen LogP contribution < -0.4 is 4.57 Å². The molecule has 0 aromatic carbocycles. The third-order valence-electron chi connectivity index (χ3n) is 3.67. The fourth-order valence-corrected chi connectivity index (χ4v) is 4.16. The van der Waals surface area contributed by atoms with E-state index in [1.54, 1.807) is 9.47 Å². The number of carbonyl (C=O) groups excluding carboxylic acids is 1. The molecule has 4 nitrogen and oxygen atoms in total. The Morgan fingerprint density at radius 2 is 2.17 bits per heavy atom. The van der Waals surface area contributed by atoms with Gasteiger partial charge in [0.05, 0.1) is 11.1 Å². The summed E-state index contributed by atoms with van der Waals surface area (Å²) in [4.78, 5) is 14.6. The summed E-state index contributed by atoms with van der Waals surface area (Å²) in [6, 6.07) is 7.97. The van der Waals surface area contributed by atoms with Gasteiger partial charge in [-0.3, -0.25) is 4.79 Å². The van der Waals surface area contributed by atoms with Crippen LogP contribution in [0.2, 0.25) is 0 Å².